The molecule has 0 aliphatic heterocycles. The fraction of sp³-hybridized carbons (Fsp3) is 0.875. The van der Waals surface area contributed by atoms with E-state index in [1.165, 1.54) is 0 Å². The summed E-state index contributed by atoms with van der Waals surface area (Å²) in [5.41, 5.74) is -0.261. The van der Waals surface area contributed by atoms with Crippen molar-refractivity contribution in [2.24, 2.45) is 17.3 Å². The first kappa shape index (κ1) is 13.1. The molecule has 0 spiro atoms. The molecule has 2 nitrogen and oxygen atoms in total. The van der Waals surface area contributed by atoms with Gasteiger partial charge in [0.15, 0.2) is 3.24 Å². The fourth-order valence-corrected chi connectivity index (χ4v) is 3.44. The van der Waals surface area contributed by atoms with Crippen LogP contribution in [0.15, 0.2) is 0 Å². The number of rotatable bonds is 3. The van der Waals surface area contributed by atoms with Crippen LogP contribution in [0.1, 0.15) is 13.8 Å². The van der Waals surface area contributed by atoms with E-state index >= 15 is 0 Å². The quantitative estimate of drug-likeness (QED) is 0.772. The van der Waals surface area contributed by atoms with Crippen molar-refractivity contribution < 1.29 is 9.90 Å². The summed E-state index contributed by atoms with van der Waals surface area (Å²) in [7, 11) is 0. The van der Waals surface area contributed by atoms with Crippen LogP contribution in [0.3, 0.4) is 0 Å². The average molecular weight is 369 g/mol. The summed E-state index contributed by atoms with van der Waals surface area (Å²) >= 11 is 18.2. The number of alkyl halides is 4. The van der Waals surface area contributed by atoms with Crippen molar-refractivity contribution in [2.45, 2.75) is 21.9 Å². The summed E-state index contributed by atoms with van der Waals surface area (Å²) < 4.78 is -1.13. The van der Waals surface area contributed by atoms with E-state index in [4.69, 9.17) is 28.3 Å². The van der Waals surface area contributed by atoms with Gasteiger partial charge in [-0.3, -0.25) is 4.79 Å². The molecule has 1 aliphatic rings. The lowest BCUT2D eigenvalue weighted by Gasteiger charge is -2.19. The minimum atomic E-state index is -1.13. The number of carbonyl (C=O) groups is 1. The van der Waals surface area contributed by atoms with Crippen molar-refractivity contribution in [1.82, 2.24) is 0 Å². The Morgan fingerprint density at radius 2 is 2.00 bits per heavy atom. The Kier molecular flexibility index (Phi) is 3.54. The molecule has 14 heavy (non-hydrogen) atoms. The molecule has 2 unspecified atom stereocenters. The van der Waals surface area contributed by atoms with E-state index in [9.17, 15) is 4.79 Å². The zero-order valence-electron chi connectivity index (χ0n) is 7.60. The van der Waals surface area contributed by atoms with Gasteiger partial charge in [-0.05, 0) is 27.3 Å². The van der Waals surface area contributed by atoms with Gasteiger partial charge in [-0.25, -0.2) is 0 Å². The molecule has 3 atom stereocenters. The molecule has 1 saturated carbocycles. The first-order valence-corrected chi connectivity index (χ1v) is 6.50. The molecule has 6 heteroatoms. The first-order valence-electron chi connectivity index (χ1n) is 4.03. The van der Waals surface area contributed by atoms with Crippen LogP contribution in [0.4, 0.5) is 0 Å². The van der Waals surface area contributed by atoms with Gasteiger partial charge < -0.3 is 5.11 Å². The molecule has 0 bridgehead atoms. The molecule has 82 valence electrons. The van der Waals surface area contributed by atoms with Crippen LogP contribution in [-0.2, 0) is 4.79 Å². The number of hydrogen-bond donors (Lipinski definition) is 1. The summed E-state index contributed by atoms with van der Waals surface area (Å²) in [6.45, 7) is 3.80. The summed E-state index contributed by atoms with van der Waals surface area (Å²) in [5.74, 6) is -1.25. The molecule has 0 aromatic carbocycles. The second-order valence-corrected chi connectivity index (χ2v) is 8.64. The highest BCUT2D eigenvalue weighted by molar-refractivity contribution is 9.13. The standard InChI is InChI=1S/C8H10Br2Cl2O2/c1-7(2)3(4(7)6(13)14)5(9)8(10,11)12/h3-5H,1-2H3,(H,13,14)/t3?,4?,5-/m1/s1. The van der Waals surface area contributed by atoms with E-state index in [0.29, 0.717) is 0 Å². The number of aliphatic carboxylic acids is 1. The van der Waals surface area contributed by atoms with Crippen LogP contribution in [0.5, 0.6) is 0 Å². The van der Waals surface area contributed by atoms with Crippen molar-refractivity contribution in [3.8, 4) is 0 Å². The van der Waals surface area contributed by atoms with Crippen molar-refractivity contribution in [2.75, 3.05) is 0 Å². The minimum Gasteiger partial charge on any atom is -0.481 e. The molecule has 0 saturated heterocycles. The second kappa shape index (κ2) is 3.79. The molecule has 1 N–H and O–H groups in total. The average Bonchev–Trinajstić information content (AvgIpc) is 2.49. The third kappa shape index (κ3) is 2.23. The van der Waals surface area contributed by atoms with Gasteiger partial charge in [-0.1, -0.05) is 53.0 Å². The number of halogens is 4. The topological polar surface area (TPSA) is 37.3 Å². The predicted octanol–water partition coefficient (Wildman–Crippen LogP) is 3.63. The van der Waals surface area contributed by atoms with Crippen LogP contribution < -0.4 is 0 Å². The molecule has 1 rings (SSSR count). The summed E-state index contributed by atoms with van der Waals surface area (Å²) in [5, 5.41) is 8.95. The van der Waals surface area contributed by atoms with Crippen molar-refractivity contribution in [3.05, 3.63) is 0 Å². The molecule has 1 fully saturated rings. The normalized spacial score (nSPS) is 32.4. The van der Waals surface area contributed by atoms with E-state index in [1.54, 1.807) is 0 Å². The smallest absolute Gasteiger partial charge is 0.307 e. The minimum absolute atomic E-state index is 0.0608. The Morgan fingerprint density at radius 1 is 1.57 bits per heavy atom. The van der Waals surface area contributed by atoms with Crippen LogP contribution in [0.25, 0.3) is 0 Å². The van der Waals surface area contributed by atoms with E-state index in [2.05, 4.69) is 31.9 Å². The maximum absolute atomic E-state index is 10.9. The number of carboxylic acids is 1. The van der Waals surface area contributed by atoms with Gasteiger partial charge >= 0.3 is 5.97 Å². The van der Waals surface area contributed by atoms with Gasteiger partial charge in [0.1, 0.15) is 0 Å². The molecule has 0 heterocycles. The number of hydrogen-bond acceptors (Lipinski definition) is 1. The third-order valence-electron chi connectivity index (χ3n) is 2.80. The summed E-state index contributed by atoms with van der Waals surface area (Å²) in [6, 6.07) is 0. The van der Waals surface area contributed by atoms with E-state index in [0.717, 1.165) is 0 Å². The third-order valence-corrected chi connectivity index (χ3v) is 6.17. The van der Waals surface area contributed by atoms with Gasteiger partial charge in [-0.15, -0.1) is 0 Å². The predicted molar refractivity (Wildman–Crippen MR) is 64.5 cm³/mol. The Labute approximate surface area is 110 Å². The fourth-order valence-electron chi connectivity index (χ4n) is 1.90. The largest absolute Gasteiger partial charge is 0.481 e. The van der Waals surface area contributed by atoms with Crippen LogP contribution in [0.2, 0.25) is 0 Å². The highest BCUT2D eigenvalue weighted by atomic mass is 79.9. The highest BCUT2D eigenvalue weighted by Crippen LogP contribution is 2.64. The Hall–Kier alpha value is 1.01. The lowest BCUT2D eigenvalue weighted by atomic mass is 10.1. The molecule has 1 aliphatic carbocycles. The highest BCUT2D eigenvalue weighted by Gasteiger charge is 2.67. The molecule has 0 radical (unpaired) electrons. The van der Waals surface area contributed by atoms with Crippen molar-refractivity contribution in [1.29, 1.82) is 0 Å². The van der Waals surface area contributed by atoms with Crippen LogP contribution in [-0.4, -0.2) is 19.1 Å². The molecule has 0 aromatic rings. The zero-order chi connectivity index (χ0) is 11.3. The Bertz CT molecular complexity index is 263. The van der Waals surface area contributed by atoms with Gasteiger partial charge in [0.25, 0.3) is 0 Å². The number of carboxylic acid groups (broad SMARTS) is 1. The molecular formula is C8H10Br2Cl2O2. The van der Waals surface area contributed by atoms with Gasteiger partial charge in [0.05, 0.1) is 10.7 Å². The van der Waals surface area contributed by atoms with E-state index in [1.807, 2.05) is 13.8 Å². The maximum atomic E-state index is 10.9. The summed E-state index contributed by atoms with van der Waals surface area (Å²) in [4.78, 5) is 10.6. The first-order chi connectivity index (χ1) is 6.10. The Morgan fingerprint density at radius 3 is 2.21 bits per heavy atom. The SMILES string of the molecule is CC1(C)C(C(=O)O)C1[C@@H](Br)C(Cl)(Cl)Br. The summed E-state index contributed by atoms with van der Waals surface area (Å²) in [6.07, 6.45) is 0. The monoisotopic (exact) mass is 366 g/mol. The van der Waals surface area contributed by atoms with Crippen LogP contribution in [0, 0.1) is 17.3 Å². The van der Waals surface area contributed by atoms with Gasteiger partial charge in [-0.2, -0.15) is 0 Å². The van der Waals surface area contributed by atoms with Crippen molar-refractivity contribution >= 4 is 61.0 Å². The lowest BCUT2D eigenvalue weighted by Crippen LogP contribution is -2.23. The lowest BCUT2D eigenvalue weighted by molar-refractivity contribution is -0.139. The molecular weight excluding hydrogens is 359 g/mol. The van der Waals surface area contributed by atoms with Gasteiger partial charge in [0.2, 0.25) is 0 Å². The Balaban J connectivity index is 2.79. The van der Waals surface area contributed by atoms with Gasteiger partial charge in [0, 0.05) is 0 Å². The second-order valence-electron chi connectivity index (χ2n) is 4.11. The van der Waals surface area contributed by atoms with E-state index in [-0.39, 0.29) is 22.1 Å². The van der Waals surface area contributed by atoms with Crippen molar-refractivity contribution in [3.63, 3.8) is 0 Å². The maximum Gasteiger partial charge on any atom is 0.307 e. The zero-order valence-corrected chi connectivity index (χ0v) is 12.3. The van der Waals surface area contributed by atoms with Crippen LogP contribution >= 0.6 is 55.1 Å². The molecule has 0 aromatic heterocycles. The van der Waals surface area contributed by atoms with E-state index < -0.39 is 9.21 Å². The molecule has 0 amide bonds.